The SMILES string of the molecule is CCOC(=O)C(C)(OCCC(F)(F)C(F)(F)S(=O)(=O)O)OC(=O)C12CC3CC(CC(O)(C3)C1)C2. The van der Waals surface area contributed by atoms with Crippen molar-refractivity contribution in [2.24, 2.45) is 17.3 Å². The van der Waals surface area contributed by atoms with Crippen molar-refractivity contribution in [3.8, 4) is 0 Å². The highest BCUT2D eigenvalue weighted by Crippen LogP contribution is 2.62. The zero-order valence-electron chi connectivity index (χ0n) is 18.7. The fourth-order valence-corrected chi connectivity index (χ4v) is 6.32. The zero-order valence-corrected chi connectivity index (χ0v) is 19.5. The first kappa shape index (κ1) is 27.1. The zero-order chi connectivity index (χ0) is 25.8. The molecule has 34 heavy (non-hydrogen) atoms. The molecule has 14 heteroatoms. The van der Waals surface area contributed by atoms with Gasteiger partial charge in [-0.05, 0) is 57.3 Å². The standard InChI is InChI=1S/C20H28F4O9S/c1-3-31-14(25)16(2,32-5-4-19(21,22)20(23,24)34(28,29)30)33-15(26)17-7-12-6-13(8-17)10-18(27,9-12)11-17/h12-13,27H,3-11H2,1-2H3,(H,28,29,30). The number of ether oxygens (including phenoxy) is 3. The second kappa shape index (κ2) is 8.56. The fourth-order valence-electron chi connectivity index (χ4n) is 5.84. The molecule has 196 valence electrons. The molecule has 4 aliphatic rings. The number of carbonyl (C=O) groups excluding carboxylic acids is 2. The molecule has 0 spiro atoms. The predicted molar refractivity (Wildman–Crippen MR) is 105 cm³/mol. The van der Waals surface area contributed by atoms with Gasteiger partial charge < -0.3 is 19.3 Å². The summed E-state index contributed by atoms with van der Waals surface area (Å²) in [7, 11) is -6.44. The quantitative estimate of drug-likeness (QED) is 0.193. The molecule has 0 aromatic carbocycles. The van der Waals surface area contributed by atoms with Gasteiger partial charge in [0, 0.05) is 13.3 Å². The van der Waals surface area contributed by atoms with Crippen molar-refractivity contribution in [1.29, 1.82) is 0 Å². The highest BCUT2D eigenvalue weighted by molar-refractivity contribution is 7.87. The molecule has 0 radical (unpaired) electrons. The van der Waals surface area contributed by atoms with Crippen LogP contribution in [-0.2, 0) is 33.9 Å². The molecule has 0 saturated heterocycles. The molecule has 0 amide bonds. The lowest BCUT2D eigenvalue weighted by Gasteiger charge is -2.59. The highest BCUT2D eigenvalue weighted by atomic mass is 32.2. The molecule has 0 aliphatic heterocycles. The lowest BCUT2D eigenvalue weighted by Crippen LogP contribution is -2.60. The van der Waals surface area contributed by atoms with Gasteiger partial charge in [-0.15, -0.1) is 0 Å². The van der Waals surface area contributed by atoms with Gasteiger partial charge >= 0.3 is 39.0 Å². The van der Waals surface area contributed by atoms with Gasteiger partial charge in [-0.25, -0.2) is 4.79 Å². The summed E-state index contributed by atoms with van der Waals surface area (Å²) in [4.78, 5) is 25.7. The van der Waals surface area contributed by atoms with E-state index in [2.05, 4.69) is 0 Å². The molecule has 4 bridgehead atoms. The molecule has 4 saturated carbocycles. The topological polar surface area (TPSA) is 136 Å². The maximum Gasteiger partial charge on any atom is 0.431 e. The van der Waals surface area contributed by atoms with E-state index < -0.39 is 63.1 Å². The highest BCUT2D eigenvalue weighted by Gasteiger charge is 2.66. The van der Waals surface area contributed by atoms with Crippen molar-refractivity contribution in [3.63, 3.8) is 0 Å². The van der Waals surface area contributed by atoms with Crippen molar-refractivity contribution in [3.05, 3.63) is 0 Å². The molecule has 3 atom stereocenters. The Morgan fingerprint density at radius 2 is 1.65 bits per heavy atom. The van der Waals surface area contributed by atoms with Crippen LogP contribution in [0.25, 0.3) is 0 Å². The monoisotopic (exact) mass is 520 g/mol. The third kappa shape index (κ3) is 4.78. The molecule has 2 N–H and O–H groups in total. The maximum absolute atomic E-state index is 13.8. The van der Waals surface area contributed by atoms with Crippen LogP contribution < -0.4 is 0 Å². The molecule has 9 nitrogen and oxygen atoms in total. The summed E-state index contributed by atoms with van der Waals surface area (Å²) in [6, 6.07) is 0. The number of alkyl halides is 4. The van der Waals surface area contributed by atoms with E-state index in [1.807, 2.05) is 0 Å². The Morgan fingerprint density at radius 3 is 2.12 bits per heavy atom. The fraction of sp³-hybridized carbons (Fsp3) is 0.900. The minimum atomic E-state index is -6.44. The summed E-state index contributed by atoms with van der Waals surface area (Å²) in [6.07, 6.45) is 0.914. The molecule has 4 fully saturated rings. The molecule has 4 aliphatic carbocycles. The summed E-state index contributed by atoms with van der Waals surface area (Å²) >= 11 is 0. The van der Waals surface area contributed by atoms with Gasteiger partial charge in [0.25, 0.3) is 0 Å². The number of rotatable bonds is 10. The third-order valence-electron chi connectivity index (χ3n) is 6.94. The molecule has 4 rings (SSSR count). The van der Waals surface area contributed by atoms with Crippen molar-refractivity contribution in [2.45, 2.75) is 81.4 Å². The van der Waals surface area contributed by atoms with E-state index in [0.29, 0.717) is 25.7 Å². The van der Waals surface area contributed by atoms with Crippen molar-refractivity contribution in [2.75, 3.05) is 13.2 Å². The molecule has 0 heterocycles. The van der Waals surface area contributed by atoms with E-state index in [0.717, 1.165) is 13.3 Å². The van der Waals surface area contributed by atoms with Gasteiger partial charge in [-0.3, -0.25) is 9.35 Å². The van der Waals surface area contributed by atoms with E-state index in [-0.39, 0.29) is 24.9 Å². The summed E-state index contributed by atoms with van der Waals surface area (Å²) in [5.74, 6) is -9.88. The third-order valence-corrected chi connectivity index (χ3v) is 7.89. The maximum atomic E-state index is 13.8. The minimum absolute atomic E-state index is 0.0786. The Kier molecular flexibility index (Phi) is 6.82. The summed E-state index contributed by atoms with van der Waals surface area (Å²) in [5.41, 5.74) is -2.16. The van der Waals surface area contributed by atoms with Crippen LogP contribution in [0.15, 0.2) is 0 Å². The lowest BCUT2D eigenvalue weighted by molar-refractivity contribution is -0.258. The first-order valence-electron chi connectivity index (χ1n) is 10.9. The van der Waals surface area contributed by atoms with E-state index in [4.69, 9.17) is 18.8 Å². The number of carbonyl (C=O) groups is 2. The van der Waals surface area contributed by atoms with Crippen LogP contribution >= 0.6 is 0 Å². The van der Waals surface area contributed by atoms with Crippen LogP contribution in [0.5, 0.6) is 0 Å². The van der Waals surface area contributed by atoms with Gasteiger partial charge in [-0.1, -0.05) is 0 Å². The normalized spacial score (nSPS) is 32.8. The van der Waals surface area contributed by atoms with Crippen LogP contribution in [0, 0.1) is 17.3 Å². The van der Waals surface area contributed by atoms with Crippen LogP contribution in [0.1, 0.15) is 58.8 Å². The van der Waals surface area contributed by atoms with Crippen LogP contribution in [0.3, 0.4) is 0 Å². The second-order valence-electron chi connectivity index (χ2n) is 9.82. The average molecular weight is 520 g/mol. The number of aliphatic hydroxyl groups is 1. The van der Waals surface area contributed by atoms with Crippen LogP contribution in [-0.4, -0.2) is 65.8 Å². The van der Waals surface area contributed by atoms with Gasteiger partial charge in [0.15, 0.2) is 0 Å². The minimum Gasteiger partial charge on any atom is -0.461 e. The molecular formula is C20H28F4O9S. The number of halogens is 4. The Bertz CT molecular complexity index is 924. The summed E-state index contributed by atoms with van der Waals surface area (Å²) in [6.45, 7) is 0.761. The summed E-state index contributed by atoms with van der Waals surface area (Å²) < 4.78 is 99.3. The second-order valence-corrected chi connectivity index (χ2v) is 11.3. The Hall–Kier alpha value is -1.51. The molecule has 0 aromatic rings. The lowest BCUT2D eigenvalue weighted by atomic mass is 9.48. The van der Waals surface area contributed by atoms with Crippen molar-refractivity contribution in [1.82, 2.24) is 0 Å². The van der Waals surface area contributed by atoms with E-state index in [1.54, 1.807) is 0 Å². The van der Waals surface area contributed by atoms with Gasteiger partial charge in [0.1, 0.15) is 0 Å². The summed E-state index contributed by atoms with van der Waals surface area (Å²) in [5, 5.41) is 5.02. The average Bonchev–Trinajstić information content (AvgIpc) is 2.65. The van der Waals surface area contributed by atoms with E-state index >= 15 is 0 Å². The van der Waals surface area contributed by atoms with Gasteiger partial charge in [0.2, 0.25) is 0 Å². The van der Waals surface area contributed by atoms with Crippen LogP contribution in [0.4, 0.5) is 17.6 Å². The van der Waals surface area contributed by atoms with E-state index in [1.165, 1.54) is 6.92 Å². The van der Waals surface area contributed by atoms with E-state index in [9.17, 15) is 40.7 Å². The number of hydrogen-bond acceptors (Lipinski definition) is 8. The molecule has 0 aromatic heterocycles. The smallest absolute Gasteiger partial charge is 0.431 e. The van der Waals surface area contributed by atoms with Crippen LogP contribution in [0.2, 0.25) is 0 Å². The van der Waals surface area contributed by atoms with Crippen molar-refractivity contribution >= 4 is 22.1 Å². The molecular weight excluding hydrogens is 492 g/mol. The Balaban J connectivity index is 1.75. The Morgan fingerprint density at radius 1 is 1.09 bits per heavy atom. The van der Waals surface area contributed by atoms with Gasteiger partial charge in [0.05, 0.1) is 24.2 Å². The first-order valence-corrected chi connectivity index (χ1v) is 12.3. The molecule has 3 unspecified atom stereocenters. The first-order chi connectivity index (χ1) is 15.4. The number of hydrogen-bond donors (Lipinski definition) is 2. The van der Waals surface area contributed by atoms with Crippen molar-refractivity contribution < 1.29 is 59.4 Å². The largest absolute Gasteiger partial charge is 0.461 e. The van der Waals surface area contributed by atoms with Gasteiger partial charge in [-0.2, -0.15) is 26.0 Å². The predicted octanol–water partition coefficient (Wildman–Crippen LogP) is 2.66. The Labute approximate surface area is 193 Å². The number of esters is 2.